The van der Waals surface area contributed by atoms with Crippen LogP contribution in [0.2, 0.25) is 0 Å². The zero-order valence-corrected chi connectivity index (χ0v) is 12.6. The van der Waals surface area contributed by atoms with Crippen LogP contribution in [0.5, 0.6) is 0 Å². The lowest BCUT2D eigenvalue weighted by Gasteiger charge is -2.56. The van der Waals surface area contributed by atoms with Gasteiger partial charge in [0.2, 0.25) is 0 Å². The molecule has 28 heavy (non-hydrogen) atoms. The van der Waals surface area contributed by atoms with Crippen molar-refractivity contribution in [1.29, 1.82) is 0 Å². The minimum absolute atomic E-state index is 0.499. The van der Waals surface area contributed by atoms with Gasteiger partial charge in [-0.05, 0) is 30.1 Å². The Morgan fingerprint density at radius 1 is 0.357 bits per heavy atom. The van der Waals surface area contributed by atoms with E-state index in [1.807, 2.05) is 0 Å². The summed E-state index contributed by atoms with van der Waals surface area (Å²) in [5.41, 5.74) is 0. The molecule has 4 aliphatic heterocycles. The van der Waals surface area contributed by atoms with Gasteiger partial charge in [0.05, 0.1) is 0 Å². The van der Waals surface area contributed by atoms with Gasteiger partial charge in [0.15, 0.2) is 30.2 Å². The largest absolute Gasteiger partial charge is 0.357 e. The van der Waals surface area contributed by atoms with Crippen LogP contribution >= 0.6 is 0 Å². The van der Waals surface area contributed by atoms with Gasteiger partial charge in [-0.15, -0.1) is 0 Å². The van der Waals surface area contributed by atoms with Crippen molar-refractivity contribution in [3.63, 3.8) is 0 Å². The molecule has 0 amide bonds. The molecule has 0 aromatic heterocycles. The van der Waals surface area contributed by atoms with E-state index in [9.17, 15) is 60.7 Å². The third-order valence-electron chi connectivity index (χ3n) is 3.97. The monoisotopic (exact) mass is 412 g/mol. The molecule has 0 radical (unpaired) electrons. The van der Waals surface area contributed by atoms with Crippen molar-refractivity contribution in [2.45, 2.75) is 25.2 Å². The van der Waals surface area contributed by atoms with Crippen molar-refractivity contribution < 1.29 is 30.2 Å². The number of hydrogen-bond donors (Lipinski definition) is 0. The highest BCUT2D eigenvalue weighted by Crippen LogP contribution is 2.44. The second-order valence-corrected chi connectivity index (χ2v) is 5.09. The van der Waals surface area contributed by atoms with Crippen LogP contribution in [0.4, 0.5) is 0 Å². The summed E-state index contributed by atoms with van der Waals surface area (Å²) in [5, 5.41) is 55.8. The molecule has 0 spiro atoms. The molecule has 4 fully saturated rings. The summed E-state index contributed by atoms with van der Waals surface area (Å²) < 4.78 is 0. The SMILES string of the molecule is O=[N+]([O-])N1C2N([N+](=O)[O-])C3N([N+](=O)[O-])C1N([N+](=O)[O-])C(N2[N+](=O)[O-])N3[N+](=O)[O-]. The Kier molecular flexibility index (Phi) is 3.44. The van der Waals surface area contributed by atoms with Crippen molar-refractivity contribution in [2.75, 3.05) is 0 Å². The van der Waals surface area contributed by atoms with Gasteiger partial charge in [-0.1, -0.05) is 0 Å². The molecule has 0 unspecified atom stereocenters. The third kappa shape index (κ3) is 1.92. The molecule has 4 saturated heterocycles. The number of nitro groups is 6. The van der Waals surface area contributed by atoms with Crippen LogP contribution in [-0.2, 0) is 0 Å². The highest BCUT2D eigenvalue weighted by molar-refractivity contribution is 4.90. The Hall–Kier alpha value is -4.80. The first-order valence-electron chi connectivity index (χ1n) is 6.49. The van der Waals surface area contributed by atoms with Crippen molar-refractivity contribution >= 4 is 0 Å². The minimum Gasteiger partial charge on any atom is -0.234 e. The average Bonchev–Trinajstić information content (AvgIpc) is 2.52. The van der Waals surface area contributed by atoms with E-state index in [-0.39, 0.29) is 0 Å². The topological polar surface area (TPSA) is 278 Å². The predicted molar refractivity (Wildman–Crippen MR) is 68.2 cm³/mol. The first kappa shape index (κ1) is 18.0. The molecule has 24 heteroatoms. The molecule has 4 rings (SSSR count). The van der Waals surface area contributed by atoms with Gasteiger partial charge in [-0.2, -0.15) is 0 Å². The first-order valence-corrected chi connectivity index (χ1v) is 6.49. The first-order chi connectivity index (χ1) is 12.9. The third-order valence-corrected chi connectivity index (χ3v) is 3.97. The van der Waals surface area contributed by atoms with Gasteiger partial charge >= 0.3 is 25.2 Å². The van der Waals surface area contributed by atoms with Crippen LogP contribution in [0.3, 0.4) is 0 Å². The van der Waals surface area contributed by atoms with Gasteiger partial charge in [-0.3, -0.25) is 0 Å². The van der Waals surface area contributed by atoms with Gasteiger partial charge in [0, 0.05) is 0 Å². The summed E-state index contributed by atoms with van der Waals surface area (Å²) in [5.74, 6) is 0. The van der Waals surface area contributed by atoms with Gasteiger partial charge in [0.25, 0.3) is 0 Å². The molecule has 0 aliphatic carbocycles. The van der Waals surface area contributed by atoms with Crippen molar-refractivity contribution in [1.82, 2.24) is 30.1 Å². The van der Waals surface area contributed by atoms with Crippen LogP contribution in [0, 0.1) is 60.7 Å². The van der Waals surface area contributed by atoms with E-state index in [0.29, 0.717) is 0 Å². The maximum atomic E-state index is 11.4. The molecule has 0 aromatic carbocycles. The average molecular weight is 412 g/mol. The summed E-state index contributed by atoms with van der Waals surface area (Å²) >= 11 is 0. The van der Waals surface area contributed by atoms with Crippen LogP contribution in [0.15, 0.2) is 0 Å². The Morgan fingerprint density at radius 2 is 0.464 bits per heavy atom. The standard InChI is InChI=1S/C4H4N12O12/c17-11(18)5-1-6(12(19)20)3-8(14(23)24)2(5)9(15(25)26)4(7(1)13(21)22)10(3)16(27)28/h1-4H. The molecule has 4 heterocycles. The fourth-order valence-electron chi connectivity index (χ4n) is 3.18. The van der Waals surface area contributed by atoms with E-state index < -0.39 is 85.4 Å². The Balaban J connectivity index is 2.37. The zero-order valence-electron chi connectivity index (χ0n) is 12.6. The highest BCUT2D eigenvalue weighted by atomic mass is 16.8. The normalized spacial score (nSPS) is 27.9. The number of rotatable bonds is 6. The lowest BCUT2D eigenvalue weighted by Crippen LogP contribution is -2.96. The van der Waals surface area contributed by atoms with Crippen molar-refractivity contribution in [2.24, 2.45) is 0 Å². The Morgan fingerprint density at radius 3 is 0.536 bits per heavy atom. The summed E-state index contributed by atoms with van der Waals surface area (Å²) in [7, 11) is 0. The molecule has 4 bridgehead atoms. The van der Waals surface area contributed by atoms with Gasteiger partial charge in [0.1, 0.15) is 0 Å². The minimum atomic E-state index is -2.66. The smallest absolute Gasteiger partial charge is 0.234 e. The maximum absolute atomic E-state index is 11.4. The predicted octanol–water partition coefficient (Wildman–Crippen LogP) is -3.88. The van der Waals surface area contributed by atoms with Crippen LogP contribution in [-0.4, -0.2) is 85.4 Å². The number of nitrogens with zero attached hydrogens (tertiary/aromatic N) is 12. The van der Waals surface area contributed by atoms with E-state index in [2.05, 4.69) is 0 Å². The summed E-state index contributed by atoms with van der Waals surface area (Å²) in [6.45, 7) is 0. The van der Waals surface area contributed by atoms with E-state index in [4.69, 9.17) is 0 Å². The molecule has 0 aromatic rings. The van der Waals surface area contributed by atoms with Crippen molar-refractivity contribution in [3.05, 3.63) is 60.7 Å². The van der Waals surface area contributed by atoms with Crippen LogP contribution in [0.25, 0.3) is 0 Å². The molecule has 0 atom stereocenters. The molecule has 0 N–H and O–H groups in total. The summed E-state index contributed by atoms with van der Waals surface area (Å²) in [6, 6.07) is 0. The fraction of sp³-hybridized carbons (Fsp3) is 1.00. The van der Waals surface area contributed by atoms with E-state index in [1.165, 1.54) is 0 Å². The maximum Gasteiger partial charge on any atom is 0.357 e. The quantitative estimate of drug-likeness (QED) is 0.297. The molecule has 152 valence electrons. The number of hydrogen-bond acceptors (Lipinski definition) is 12. The molecule has 24 nitrogen and oxygen atoms in total. The van der Waals surface area contributed by atoms with Crippen LogP contribution in [0.1, 0.15) is 0 Å². The van der Waals surface area contributed by atoms with Gasteiger partial charge < -0.3 is 0 Å². The molecular formula is C4H4N12O12. The zero-order chi connectivity index (χ0) is 21.2. The number of hydrazine groups is 6. The lowest BCUT2D eigenvalue weighted by atomic mass is 10.3. The van der Waals surface area contributed by atoms with Gasteiger partial charge in [-0.25, -0.2) is 60.7 Å². The summed E-state index contributed by atoms with van der Waals surface area (Å²) in [4.78, 5) is 68.2. The van der Waals surface area contributed by atoms with E-state index in [1.54, 1.807) is 0 Å². The molecule has 4 aliphatic rings. The second kappa shape index (κ2) is 5.35. The lowest BCUT2D eigenvalue weighted by molar-refractivity contribution is -0.949. The molecule has 0 saturated carbocycles. The second-order valence-electron chi connectivity index (χ2n) is 5.09. The fourth-order valence-corrected chi connectivity index (χ4v) is 3.18. The van der Waals surface area contributed by atoms with E-state index in [0.717, 1.165) is 0 Å². The van der Waals surface area contributed by atoms with E-state index >= 15 is 0 Å². The van der Waals surface area contributed by atoms with Crippen molar-refractivity contribution in [3.8, 4) is 0 Å². The summed E-state index contributed by atoms with van der Waals surface area (Å²) in [6.07, 6.45) is -10.7. The Labute approximate surface area is 147 Å². The van der Waals surface area contributed by atoms with Crippen LogP contribution < -0.4 is 0 Å². The molecular weight excluding hydrogens is 408 g/mol. The Bertz CT molecular complexity index is 620. The highest BCUT2D eigenvalue weighted by Gasteiger charge is 2.86.